The van der Waals surface area contributed by atoms with Crippen LogP contribution in [0.4, 0.5) is 5.69 Å². The number of thioether (sulfide) groups is 1. The maximum absolute atomic E-state index is 11.8. The summed E-state index contributed by atoms with van der Waals surface area (Å²) < 4.78 is 0. The van der Waals surface area contributed by atoms with Gasteiger partial charge in [0.05, 0.1) is 0 Å². The number of carbonyl (C=O) groups excluding carboxylic acids is 1. The number of anilines is 1. The van der Waals surface area contributed by atoms with Gasteiger partial charge in [0.1, 0.15) is 6.04 Å². The van der Waals surface area contributed by atoms with Crippen molar-refractivity contribution in [1.29, 1.82) is 0 Å². The van der Waals surface area contributed by atoms with Crippen molar-refractivity contribution in [2.24, 2.45) is 0 Å². The number of amides is 1. The van der Waals surface area contributed by atoms with Crippen molar-refractivity contribution in [3.8, 4) is 0 Å². The molecule has 0 heterocycles. The lowest BCUT2D eigenvalue weighted by Gasteiger charge is -2.14. The highest BCUT2D eigenvalue weighted by atomic mass is 32.2. The molecule has 1 aromatic carbocycles. The van der Waals surface area contributed by atoms with E-state index in [9.17, 15) is 9.59 Å². The van der Waals surface area contributed by atoms with Crippen molar-refractivity contribution >= 4 is 29.3 Å². The van der Waals surface area contributed by atoms with Crippen LogP contribution in [-0.2, 0) is 16.0 Å². The van der Waals surface area contributed by atoms with E-state index in [2.05, 4.69) is 5.32 Å². The highest BCUT2D eigenvalue weighted by Gasteiger charge is 2.19. The predicted octanol–water partition coefficient (Wildman–Crippen LogP) is 1.52. The van der Waals surface area contributed by atoms with E-state index in [0.29, 0.717) is 24.3 Å². The number of nitrogens with two attached hydrogens (primary N) is 1. The topological polar surface area (TPSA) is 92.4 Å². The summed E-state index contributed by atoms with van der Waals surface area (Å²) in [6, 6.07) is 6.53. The zero-order valence-electron chi connectivity index (χ0n) is 11.5. The number of hydrogen-bond acceptors (Lipinski definition) is 4. The van der Waals surface area contributed by atoms with Gasteiger partial charge in [-0.05, 0) is 36.5 Å². The van der Waals surface area contributed by atoms with E-state index >= 15 is 0 Å². The van der Waals surface area contributed by atoms with E-state index in [0.717, 1.165) is 5.56 Å². The van der Waals surface area contributed by atoms with E-state index in [1.807, 2.05) is 24.5 Å². The number of nitrogen functional groups attached to an aromatic ring is 1. The molecular weight excluding hydrogens is 276 g/mol. The second kappa shape index (κ2) is 8.47. The van der Waals surface area contributed by atoms with Crippen LogP contribution in [0.5, 0.6) is 0 Å². The SMILES string of the molecule is CSCCC(NC(=O)CCc1ccccc1N)C(=O)O. The second-order valence-corrected chi connectivity index (χ2v) is 5.42. The van der Waals surface area contributed by atoms with Crippen LogP contribution in [0.2, 0.25) is 0 Å². The highest BCUT2D eigenvalue weighted by Crippen LogP contribution is 2.12. The van der Waals surface area contributed by atoms with Crippen molar-refractivity contribution in [3.05, 3.63) is 29.8 Å². The summed E-state index contributed by atoms with van der Waals surface area (Å²) in [5.74, 6) is -0.559. The number of hydrogen-bond donors (Lipinski definition) is 3. The molecule has 110 valence electrons. The summed E-state index contributed by atoms with van der Waals surface area (Å²) >= 11 is 1.56. The Balaban J connectivity index is 2.46. The average Bonchev–Trinajstić information content (AvgIpc) is 2.42. The predicted molar refractivity (Wildman–Crippen MR) is 81.7 cm³/mol. The van der Waals surface area contributed by atoms with Gasteiger partial charge in [0.15, 0.2) is 0 Å². The molecule has 0 fully saturated rings. The Morgan fingerprint density at radius 1 is 1.40 bits per heavy atom. The van der Waals surface area contributed by atoms with Gasteiger partial charge < -0.3 is 16.2 Å². The number of carboxylic acid groups (broad SMARTS) is 1. The van der Waals surface area contributed by atoms with Gasteiger partial charge >= 0.3 is 5.97 Å². The first-order valence-electron chi connectivity index (χ1n) is 6.39. The molecule has 6 heteroatoms. The van der Waals surface area contributed by atoms with Crippen LogP contribution >= 0.6 is 11.8 Å². The van der Waals surface area contributed by atoms with Gasteiger partial charge in [0, 0.05) is 12.1 Å². The van der Waals surface area contributed by atoms with Crippen molar-refractivity contribution < 1.29 is 14.7 Å². The monoisotopic (exact) mass is 296 g/mol. The van der Waals surface area contributed by atoms with Crippen molar-refractivity contribution in [1.82, 2.24) is 5.32 Å². The minimum atomic E-state index is -0.994. The van der Waals surface area contributed by atoms with E-state index < -0.39 is 12.0 Å². The molecule has 0 saturated carbocycles. The fourth-order valence-electron chi connectivity index (χ4n) is 1.77. The molecule has 1 amide bonds. The fourth-order valence-corrected chi connectivity index (χ4v) is 2.24. The maximum Gasteiger partial charge on any atom is 0.326 e. The maximum atomic E-state index is 11.8. The minimum absolute atomic E-state index is 0.233. The van der Waals surface area contributed by atoms with E-state index in [-0.39, 0.29) is 12.3 Å². The number of carboxylic acids is 1. The van der Waals surface area contributed by atoms with Gasteiger partial charge in [0.25, 0.3) is 0 Å². The molecule has 1 unspecified atom stereocenters. The molecule has 20 heavy (non-hydrogen) atoms. The summed E-state index contributed by atoms with van der Waals surface area (Å²) in [7, 11) is 0. The minimum Gasteiger partial charge on any atom is -0.480 e. The molecule has 0 spiro atoms. The summed E-state index contributed by atoms with van der Waals surface area (Å²) in [6.45, 7) is 0. The van der Waals surface area contributed by atoms with Gasteiger partial charge in [-0.25, -0.2) is 4.79 Å². The first kappa shape index (κ1) is 16.4. The number of carbonyl (C=O) groups is 2. The number of rotatable bonds is 8. The van der Waals surface area contributed by atoms with Crippen molar-refractivity contribution in [3.63, 3.8) is 0 Å². The zero-order valence-corrected chi connectivity index (χ0v) is 12.3. The van der Waals surface area contributed by atoms with Crippen LogP contribution in [0.1, 0.15) is 18.4 Å². The standard InChI is InChI=1S/C14H20N2O3S/c1-20-9-8-12(14(18)19)16-13(17)7-6-10-4-2-3-5-11(10)15/h2-5,12H,6-9,15H2,1H3,(H,16,17)(H,18,19). The lowest BCUT2D eigenvalue weighted by Crippen LogP contribution is -2.41. The fraction of sp³-hybridized carbons (Fsp3) is 0.429. The molecular formula is C14H20N2O3S. The van der Waals surface area contributed by atoms with E-state index in [4.69, 9.17) is 10.8 Å². The van der Waals surface area contributed by atoms with Crippen LogP contribution in [0.3, 0.4) is 0 Å². The quantitative estimate of drug-likeness (QED) is 0.633. The van der Waals surface area contributed by atoms with E-state index in [1.165, 1.54) is 0 Å². The molecule has 0 bridgehead atoms. The van der Waals surface area contributed by atoms with Crippen LogP contribution in [0.25, 0.3) is 0 Å². The van der Waals surface area contributed by atoms with Crippen LogP contribution in [0.15, 0.2) is 24.3 Å². The molecule has 0 aliphatic carbocycles. The van der Waals surface area contributed by atoms with E-state index in [1.54, 1.807) is 17.8 Å². The Hall–Kier alpha value is -1.69. The molecule has 1 aromatic rings. The Morgan fingerprint density at radius 2 is 2.10 bits per heavy atom. The molecule has 0 radical (unpaired) electrons. The highest BCUT2D eigenvalue weighted by molar-refractivity contribution is 7.98. The third kappa shape index (κ3) is 5.52. The first-order chi connectivity index (χ1) is 9.54. The number of aliphatic carboxylic acids is 1. The van der Waals surface area contributed by atoms with Crippen LogP contribution < -0.4 is 11.1 Å². The van der Waals surface area contributed by atoms with Crippen LogP contribution in [0, 0.1) is 0 Å². The smallest absolute Gasteiger partial charge is 0.326 e. The first-order valence-corrected chi connectivity index (χ1v) is 7.78. The molecule has 0 aromatic heterocycles. The Bertz CT molecular complexity index is 465. The molecule has 1 atom stereocenters. The van der Waals surface area contributed by atoms with Gasteiger partial charge in [-0.3, -0.25) is 4.79 Å². The second-order valence-electron chi connectivity index (χ2n) is 4.44. The number of benzene rings is 1. The Kier molecular flexibility index (Phi) is 6.93. The lowest BCUT2D eigenvalue weighted by atomic mass is 10.1. The lowest BCUT2D eigenvalue weighted by molar-refractivity contribution is -0.141. The summed E-state index contributed by atoms with van der Waals surface area (Å²) in [4.78, 5) is 22.8. The normalized spacial score (nSPS) is 11.8. The zero-order chi connectivity index (χ0) is 15.0. The third-order valence-electron chi connectivity index (χ3n) is 2.92. The number of aryl methyl sites for hydroxylation is 1. The number of nitrogens with one attached hydrogen (secondary N) is 1. The van der Waals surface area contributed by atoms with Crippen LogP contribution in [-0.4, -0.2) is 35.0 Å². The Labute approximate surface area is 122 Å². The average molecular weight is 296 g/mol. The number of para-hydroxylation sites is 1. The molecule has 1 rings (SSSR count). The molecule has 5 nitrogen and oxygen atoms in total. The largest absolute Gasteiger partial charge is 0.480 e. The summed E-state index contributed by atoms with van der Waals surface area (Å²) in [5, 5.41) is 11.6. The molecule has 0 saturated heterocycles. The van der Waals surface area contributed by atoms with Crippen molar-refractivity contribution in [2.75, 3.05) is 17.7 Å². The molecule has 0 aliphatic rings. The van der Waals surface area contributed by atoms with Gasteiger partial charge in [-0.1, -0.05) is 18.2 Å². The molecule has 0 aliphatic heterocycles. The van der Waals surface area contributed by atoms with Gasteiger partial charge in [-0.2, -0.15) is 11.8 Å². The summed E-state index contributed by atoms with van der Waals surface area (Å²) in [6.07, 6.45) is 3.07. The van der Waals surface area contributed by atoms with Crippen molar-refractivity contribution in [2.45, 2.75) is 25.3 Å². The van der Waals surface area contributed by atoms with Gasteiger partial charge in [0.2, 0.25) is 5.91 Å². The summed E-state index contributed by atoms with van der Waals surface area (Å²) in [5.41, 5.74) is 7.35. The Morgan fingerprint density at radius 3 is 2.70 bits per heavy atom. The van der Waals surface area contributed by atoms with Gasteiger partial charge in [-0.15, -0.1) is 0 Å². The molecule has 4 N–H and O–H groups in total. The third-order valence-corrected chi connectivity index (χ3v) is 3.56.